The number of nitrogens with two attached hydrogens (primary N) is 2. The molecule has 3 rings (SSSR count). The highest BCUT2D eigenvalue weighted by Crippen LogP contribution is 2.30. The van der Waals surface area contributed by atoms with E-state index in [9.17, 15) is 18.0 Å². The maximum absolute atomic E-state index is 13.0. The molecule has 7 N–H and O–H groups in total. The summed E-state index contributed by atoms with van der Waals surface area (Å²) in [6.07, 6.45) is -3.03. The number of amidine groups is 1. The molecule has 0 spiro atoms. The van der Waals surface area contributed by atoms with Gasteiger partial charge in [-0.15, -0.1) is 0 Å². The third-order valence-electron chi connectivity index (χ3n) is 4.89. The molecule has 3 aromatic rings. The minimum absolute atomic E-state index is 0.121. The number of alkyl halides is 3. The summed E-state index contributed by atoms with van der Waals surface area (Å²) in [5, 5.41) is 8.51. The zero-order chi connectivity index (χ0) is 25.6. The lowest BCUT2D eigenvalue weighted by atomic mass is 10.1. The number of carbonyl (C=O) groups excluding carboxylic acids is 1. The van der Waals surface area contributed by atoms with E-state index < -0.39 is 17.6 Å². The summed E-state index contributed by atoms with van der Waals surface area (Å²) < 4.78 is 38.9. The van der Waals surface area contributed by atoms with E-state index in [-0.39, 0.29) is 11.4 Å². The Morgan fingerprint density at radius 1 is 1.17 bits per heavy atom. The number of rotatable bonds is 8. The van der Waals surface area contributed by atoms with Crippen LogP contribution in [0.15, 0.2) is 53.7 Å². The van der Waals surface area contributed by atoms with Crippen LogP contribution in [0.1, 0.15) is 27.0 Å². The Bertz CT molecular complexity index is 1240. The Kier molecular flexibility index (Phi) is 7.87. The molecule has 0 aliphatic rings. The SMILES string of the molecule is CNc1nc(NCCN)ncc1C(N)=Nc1cc(NC(=O)c2cccc(C(F)(F)F)c2)ccc1C. The van der Waals surface area contributed by atoms with E-state index in [4.69, 9.17) is 11.5 Å². The summed E-state index contributed by atoms with van der Waals surface area (Å²) in [5.74, 6) is 0.276. The predicted octanol–water partition coefficient (Wildman–Crippen LogP) is 3.51. The van der Waals surface area contributed by atoms with E-state index in [1.807, 2.05) is 0 Å². The average Bonchev–Trinajstić information content (AvgIpc) is 2.84. The molecule has 0 bridgehead atoms. The topological polar surface area (TPSA) is 143 Å². The Labute approximate surface area is 199 Å². The normalized spacial score (nSPS) is 11.8. The molecule has 2 aromatic carbocycles. The van der Waals surface area contributed by atoms with Gasteiger partial charge in [-0.2, -0.15) is 18.2 Å². The lowest BCUT2D eigenvalue weighted by molar-refractivity contribution is -0.137. The molecule has 0 saturated carbocycles. The van der Waals surface area contributed by atoms with E-state index >= 15 is 0 Å². The standard InChI is InChI=1S/C23H25F3N8O/c1-13-6-7-16(32-21(35)14-4-3-5-15(10-14)23(24,25)26)11-18(13)33-19(28)17-12-31-22(30-9-8-27)34-20(17)29-2/h3-7,10-12H,8-9,27H2,1-2H3,(H2,28,33)(H,32,35)(H2,29,30,31,34). The number of nitrogens with one attached hydrogen (secondary N) is 3. The van der Waals surface area contributed by atoms with Crippen LogP contribution in [0.2, 0.25) is 0 Å². The number of aliphatic imine (C=N–C) groups is 1. The molecule has 1 heterocycles. The van der Waals surface area contributed by atoms with Gasteiger partial charge in [-0.05, 0) is 42.8 Å². The zero-order valence-corrected chi connectivity index (χ0v) is 19.1. The number of aryl methyl sites for hydroxylation is 1. The summed E-state index contributed by atoms with van der Waals surface area (Å²) in [6.45, 7) is 2.73. The smallest absolute Gasteiger partial charge is 0.383 e. The van der Waals surface area contributed by atoms with Gasteiger partial charge in [0.1, 0.15) is 11.7 Å². The van der Waals surface area contributed by atoms with Gasteiger partial charge in [-0.3, -0.25) is 4.79 Å². The minimum Gasteiger partial charge on any atom is -0.383 e. The summed E-state index contributed by atoms with van der Waals surface area (Å²) in [5.41, 5.74) is 12.7. The van der Waals surface area contributed by atoms with Gasteiger partial charge in [-0.25, -0.2) is 9.98 Å². The number of carbonyl (C=O) groups is 1. The largest absolute Gasteiger partial charge is 0.416 e. The Hall–Kier alpha value is -4.19. The minimum atomic E-state index is -4.55. The first kappa shape index (κ1) is 25.4. The van der Waals surface area contributed by atoms with Crippen molar-refractivity contribution >= 4 is 34.9 Å². The van der Waals surface area contributed by atoms with Gasteiger partial charge >= 0.3 is 6.18 Å². The van der Waals surface area contributed by atoms with Crippen molar-refractivity contribution in [3.63, 3.8) is 0 Å². The maximum atomic E-state index is 13.0. The van der Waals surface area contributed by atoms with Crippen LogP contribution in [0.4, 0.5) is 36.3 Å². The van der Waals surface area contributed by atoms with Crippen LogP contribution in [-0.4, -0.2) is 41.8 Å². The lowest BCUT2D eigenvalue weighted by Gasteiger charge is -2.12. The van der Waals surface area contributed by atoms with Crippen LogP contribution in [0.3, 0.4) is 0 Å². The van der Waals surface area contributed by atoms with Crippen LogP contribution in [0, 0.1) is 6.92 Å². The first-order chi connectivity index (χ1) is 16.6. The van der Waals surface area contributed by atoms with Crippen LogP contribution < -0.4 is 27.4 Å². The predicted molar refractivity (Wildman–Crippen MR) is 130 cm³/mol. The second-order valence-electron chi connectivity index (χ2n) is 7.45. The molecule has 0 aliphatic carbocycles. The van der Waals surface area contributed by atoms with Crippen molar-refractivity contribution in [2.45, 2.75) is 13.1 Å². The molecule has 0 unspecified atom stereocenters. The average molecular weight is 487 g/mol. The van der Waals surface area contributed by atoms with Crippen LogP contribution in [0.5, 0.6) is 0 Å². The number of aromatic nitrogens is 2. The van der Waals surface area contributed by atoms with Gasteiger partial charge in [0, 0.05) is 37.6 Å². The highest BCUT2D eigenvalue weighted by Gasteiger charge is 2.30. The number of benzene rings is 2. The number of amides is 1. The number of anilines is 3. The molecule has 0 atom stereocenters. The van der Waals surface area contributed by atoms with Crippen molar-refractivity contribution in [2.75, 3.05) is 36.1 Å². The first-order valence-electron chi connectivity index (χ1n) is 10.5. The van der Waals surface area contributed by atoms with Crippen molar-refractivity contribution in [1.29, 1.82) is 0 Å². The zero-order valence-electron chi connectivity index (χ0n) is 19.1. The first-order valence-corrected chi connectivity index (χ1v) is 10.5. The van der Waals surface area contributed by atoms with E-state index in [2.05, 4.69) is 30.9 Å². The van der Waals surface area contributed by atoms with E-state index in [0.29, 0.717) is 41.8 Å². The molecule has 0 aliphatic heterocycles. The number of nitrogens with zero attached hydrogens (tertiary/aromatic N) is 3. The van der Waals surface area contributed by atoms with E-state index in [1.165, 1.54) is 18.3 Å². The highest BCUT2D eigenvalue weighted by atomic mass is 19.4. The fraction of sp³-hybridized carbons (Fsp3) is 0.217. The molecule has 35 heavy (non-hydrogen) atoms. The molecular weight excluding hydrogens is 461 g/mol. The molecule has 9 nitrogen and oxygen atoms in total. The Balaban J connectivity index is 1.85. The molecule has 0 radical (unpaired) electrons. The fourth-order valence-corrected chi connectivity index (χ4v) is 3.07. The molecule has 12 heteroatoms. The van der Waals surface area contributed by atoms with Gasteiger partial charge in [0.05, 0.1) is 16.8 Å². The van der Waals surface area contributed by atoms with Gasteiger partial charge in [0.2, 0.25) is 5.95 Å². The summed E-state index contributed by atoms with van der Waals surface area (Å²) in [7, 11) is 1.68. The second kappa shape index (κ2) is 10.8. The quantitative estimate of drug-likeness (QED) is 0.242. The monoisotopic (exact) mass is 486 g/mol. The Morgan fingerprint density at radius 2 is 1.94 bits per heavy atom. The van der Waals surface area contributed by atoms with E-state index in [0.717, 1.165) is 17.7 Å². The number of hydrogen-bond acceptors (Lipinski definition) is 7. The molecule has 0 saturated heterocycles. The van der Waals surface area contributed by atoms with Crippen molar-refractivity contribution in [2.24, 2.45) is 16.5 Å². The molecule has 184 valence electrons. The summed E-state index contributed by atoms with van der Waals surface area (Å²) in [6, 6.07) is 9.10. The molecule has 1 amide bonds. The van der Waals surface area contributed by atoms with Crippen molar-refractivity contribution in [3.05, 3.63) is 70.9 Å². The van der Waals surface area contributed by atoms with Crippen molar-refractivity contribution < 1.29 is 18.0 Å². The van der Waals surface area contributed by atoms with Crippen molar-refractivity contribution in [1.82, 2.24) is 9.97 Å². The van der Waals surface area contributed by atoms with Gasteiger partial charge in [0.25, 0.3) is 5.91 Å². The van der Waals surface area contributed by atoms with Crippen LogP contribution >= 0.6 is 0 Å². The van der Waals surface area contributed by atoms with Crippen molar-refractivity contribution in [3.8, 4) is 0 Å². The van der Waals surface area contributed by atoms with Crippen LogP contribution in [-0.2, 0) is 6.18 Å². The highest BCUT2D eigenvalue weighted by molar-refractivity contribution is 6.05. The fourth-order valence-electron chi connectivity index (χ4n) is 3.07. The maximum Gasteiger partial charge on any atom is 0.416 e. The lowest BCUT2D eigenvalue weighted by Crippen LogP contribution is -2.19. The molecular formula is C23H25F3N8O. The van der Waals surface area contributed by atoms with Gasteiger partial charge < -0.3 is 27.4 Å². The third kappa shape index (κ3) is 6.44. The van der Waals surface area contributed by atoms with Gasteiger partial charge in [0.15, 0.2) is 0 Å². The third-order valence-corrected chi connectivity index (χ3v) is 4.89. The summed E-state index contributed by atoms with van der Waals surface area (Å²) in [4.78, 5) is 25.5. The van der Waals surface area contributed by atoms with Gasteiger partial charge in [-0.1, -0.05) is 12.1 Å². The summed E-state index contributed by atoms with van der Waals surface area (Å²) >= 11 is 0. The van der Waals surface area contributed by atoms with Crippen LogP contribution in [0.25, 0.3) is 0 Å². The second-order valence-corrected chi connectivity index (χ2v) is 7.45. The molecule has 0 fully saturated rings. The van der Waals surface area contributed by atoms with E-state index in [1.54, 1.807) is 32.2 Å². The molecule has 1 aromatic heterocycles. The number of hydrogen-bond donors (Lipinski definition) is 5. The Morgan fingerprint density at radius 3 is 2.63 bits per heavy atom. The number of halogens is 3.